The monoisotopic (exact) mass is 303 g/mol. The van der Waals surface area contributed by atoms with E-state index in [-0.39, 0.29) is 12.8 Å². The molecule has 4 nitrogen and oxygen atoms in total. The van der Waals surface area contributed by atoms with Crippen LogP contribution in [-0.4, -0.2) is 23.9 Å². The molecule has 0 unspecified atom stereocenters. The molecule has 1 heterocycles. The fraction of sp³-hybridized carbons (Fsp3) is 0.400. The first-order chi connectivity index (χ1) is 9.17. The van der Waals surface area contributed by atoms with Crippen molar-refractivity contribution in [1.82, 2.24) is 4.98 Å². The van der Waals surface area contributed by atoms with Crippen molar-refractivity contribution in [2.75, 3.05) is 6.61 Å². The Kier molecular flexibility index (Phi) is 4.79. The highest BCUT2D eigenvalue weighted by molar-refractivity contribution is 5.90. The van der Waals surface area contributed by atoms with Crippen LogP contribution in [0.3, 0.4) is 0 Å². The van der Waals surface area contributed by atoms with Crippen LogP contribution in [-0.2, 0) is 4.74 Å². The van der Waals surface area contributed by atoms with Gasteiger partial charge in [-0.3, -0.25) is 0 Å². The molecule has 1 rings (SSSR count). The van der Waals surface area contributed by atoms with E-state index >= 15 is 0 Å². The number of alkyl halides is 5. The maximum atomic E-state index is 13.6. The Hall–Kier alpha value is -2.00. The molecule has 0 saturated heterocycles. The molecule has 112 valence electrons. The molecule has 0 radical (unpaired) electrons. The van der Waals surface area contributed by atoms with E-state index in [2.05, 4.69) is 14.5 Å². The lowest BCUT2D eigenvalue weighted by atomic mass is 10.2. The standard InChI is InChI=1S/C10H7F6NO3/c1-2-19-9(18)6-7(20-10(14,15)16)5(11)4(3-17-6)8(12)13/h3,8H,2H2,1H3. The number of carbonyl (C=O) groups excluding carboxylic acids is 1. The summed E-state index contributed by atoms with van der Waals surface area (Å²) in [6.07, 6.45) is -8.56. The minimum Gasteiger partial charge on any atom is -0.461 e. The highest BCUT2D eigenvalue weighted by Gasteiger charge is 2.37. The Balaban J connectivity index is 3.37. The predicted octanol–water partition coefficient (Wildman–Crippen LogP) is 3.23. The predicted molar refractivity (Wildman–Crippen MR) is 51.8 cm³/mol. The second-order valence-corrected chi connectivity index (χ2v) is 3.27. The van der Waals surface area contributed by atoms with Gasteiger partial charge < -0.3 is 9.47 Å². The van der Waals surface area contributed by atoms with E-state index in [1.165, 1.54) is 6.92 Å². The van der Waals surface area contributed by atoms with E-state index in [4.69, 9.17) is 0 Å². The van der Waals surface area contributed by atoms with Crippen molar-refractivity contribution < 1.29 is 40.6 Å². The summed E-state index contributed by atoms with van der Waals surface area (Å²) in [5.41, 5.74) is -2.59. The first-order valence-electron chi connectivity index (χ1n) is 5.06. The van der Waals surface area contributed by atoms with Gasteiger partial charge in [0.25, 0.3) is 6.43 Å². The molecule has 0 fully saturated rings. The highest BCUT2D eigenvalue weighted by atomic mass is 19.4. The maximum absolute atomic E-state index is 13.6. The fourth-order valence-corrected chi connectivity index (χ4v) is 1.19. The van der Waals surface area contributed by atoms with Crippen LogP contribution in [0.5, 0.6) is 5.75 Å². The van der Waals surface area contributed by atoms with E-state index in [0.717, 1.165) is 0 Å². The molecular weight excluding hydrogens is 296 g/mol. The van der Waals surface area contributed by atoms with Crippen molar-refractivity contribution in [3.63, 3.8) is 0 Å². The van der Waals surface area contributed by atoms with Gasteiger partial charge in [-0.05, 0) is 6.92 Å². The number of nitrogens with zero attached hydrogens (tertiary/aromatic N) is 1. The number of halogens is 6. The number of esters is 1. The zero-order valence-corrected chi connectivity index (χ0v) is 9.80. The summed E-state index contributed by atoms with van der Waals surface area (Å²) >= 11 is 0. The first kappa shape index (κ1) is 16.1. The van der Waals surface area contributed by atoms with E-state index in [1.54, 1.807) is 0 Å². The smallest absolute Gasteiger partial charge is 0.461 e. The third-order valence-electron chi connectivity index (χ3n) is 1.92. The minimum atomic E-state index is -5.38. The molecule has 0 aromatic carbocycles. The molecule has 0 aliphatic heterocycles. The van der Waals surface area contributed by atoms with Gasteiger partial charge in [0, 0.05) is 6.20 Å². The maximum Gasteiger partial charge on any atom is 0.573 e. The van der Waals surface area contributed by atoms with Crippen LogP contribution in [0.1, 0.15) is 29.4 Å². The Morgan fingerprint density at radius 2 is 2.00 bits per heavy atom. The van der Waals surface area contributed by atoms with Crippen molar-refractivity contribution in [3.05, 3.63) is 23.3 Å². The molecule has 0 amide bonds. The Morgan fingerprint density at radius 1 is 1.40 bits per heavy atom. The van der Waals surface area contributed by atoms with E-state index in [0.29, 0.717) is 0 Å². The zero-order valence-electron chi connectivity index (χ0n) is 9.80. The van der Waals surface area contributed by atoms with E-state index < -0.39 is 41.6 Å². The van der Waals surface area contributed by atoms with Crippen LogP contribution in [0, 0.1) is 5.82 Å². The molecule has 1 aromatic rings. The summed E-state index contributed by atoms with van der Waals surface area (Å²) in [4.78, 5) is 14.3. The number of hydrogen-bond acceptors (Lipinski definition) is 4. The van der Waals surface area contributed by atoms with Crippen LogP contribution in [0.2, 0.25) is 0 Å². The van der Waals surface area contributed by atoms with E-state index in [1.807, 2.05) is 0 Å². The summed E-state index contributed by atoms with van der Waals surface area (Å²) in [7, 11) is 0. The number of aromatic nitrogens is 1. The minimum absolute atomic E-state index is 0.232. The molecule has 1 aromatic heterocycles. The van der Waals surface area contributed by atoms with Crippen molar-refractivity contribution in [1.29, 1.82) is 0 Å². The van der Waals surface area contributed by atoms with Gasteiger partial charge in [0.05, 0.1) is 12.2 Å². The summed E-state index contributed by atoms with van der Waals surface area (Å²) < 4.78 is 82.3. The topological polar surface area (TPSA) is 48.4 Å². The van der Waals surface area contributed by atoms with Gasteiger partial charge in [-0.15, -0.1) is 13.2 Å². The third kappa shape index (κ3) is 3.75. The molecule has 0 aliphatic rings. The Morgan fingerprint density at radius 3 is 2.45 bits per heavy atom. The molecule has 0 bridgehead atoms. The van der Waals surface area contributed by atoms with Gasteiger partial charge in [-0.25, -0.2) is 22.9 Å². The summed E-state index contributed by atoms with van der Waals surface area (Å²) in [6.45, 7) is 1.11. The highest BCUT2D eigenvalue weighted by Crippen LogP contribution is 2.33. The second kappa shape index (κ2) is 5.97. The summed E-state index contributed by atoms with van der Waals surface area (Å²) in [6, 6.07) is 0. The number of pyridine rings is 1. The molecular formula is C10H7F6NO3. The molecule has 10 heteroatoms. The van der Waals surface area contributed by atoms with Crippen LogP contribution in [0.4, 0.5) is 26.3 Å². The number of rotatable bonds is 4. The SMILES string of the molecule is CCOC(=O)c1ncc(C(F)F)c(F)c1OC(F)(F)F. The van der Waals surface area contributed by atoms with Gasteiger partial charge in [-0.1, -0.05) is 0 Å². The van der Waals surface area contributed by atoms with Crippen LogP contribution >= 0.6 is 0 Å². The Labute approximate surface area is 108 Å². The number of hydrogen-bond donors (Lipinski definition) is 0. The number of carbonyl (C=O) groups is 1. The average Bonchev–Trinajstić information content (AvgIpc) is 2.29. The van der Waals surface area contributed by atoms with Crippen molar-refractivity contribution in [2.24, 2.45) is 0 Å². The quantitative estimate of drug-likeness (QED) is 0.633. The van der Waals surface area contributed by atoms with Gasteiger partial charge >= 0.3 is 12.3 Å². The van der Waals surface area contributed by atoms with Crippen LogP contribution in [0.25, 0.3) is 0 Å². The lowest BCUT2D eigenvalue weighted by molar-refractivity contribution is -0.275. The molecule has 20 heavy (non-hydrogen) atoms. The molecule has 0 N–H and O–H groups in total. The van der Waals surface area contributed by atoms with Crippen LogP contribution < -0.4 is 4.74 Å². The van der Waals surface area contributed by atoms with Gasteiger partial charge in [0.1, 0.15) is 0 Å². The third-order valence-corrected chi connectivity index (χ3v) is 1.92. The normalized spacial score (nSPS) is 11.6. The van der Waals surface area contributed by atoms with E-state index in [9.17, 15) is 31.1 Å². The lowest BCUT2D eigenvalue weighted by Gasteiger charge is -2.14. The van der Waals surface area contributed by atoms with Crippen molar-refractivity contribution >= 4 is 5.97 Å². The van der Waals surface area contributed by atoms with Crippen molar-refractivity contribution in [3.8, 4) is 5.75 Å². The largest absolute Gasteiger partial charge is 0.573 e. The summed E-state index contributed by atoms with van der Waals surface area (Å²) in [5, 5.41) is 0. The lowest BCUT2D eigenvalue weighted by Crippen LogP contribution is -2.22. The zero-order chi connectivity index (χ0) is 15.5. The average molecular weight is 303 g/mol. The second-order valence-electron chi connectivity index (χ2n) is 3.27. The Bertz CT molecular complexity index is 503. The van der Waals surface area contributed by atoms with Gasteiger partial charge in [0.15, 0.2) is 17.3 Å². The molecule has 0 spiro atoms. The molecule has 0 aliphatic carbocycles. The van der Waals surface area contributed by atoms with Gasteiger partial charge in [0.2, 0.25) is 0 Å². The van der Waals surface area contributed by atoms with Crippen LogP contribution in [0.15, 0.2) is 6.20 Å². The molecule has 0 atom stereocenters. The first-order valence-corrected chi connectivity index (χ1v) is 5.06. The summed E-state index contributed by atoms with van der Waals surface area (Å²) in [5.74, 6) is -5.18. The number of ether oxygens (including phenoxy) is 2. The van der Waals surface area contributed by atoms with Crippen molar-refractivity contribution in [2.45, 2.75) is 19.7 Å². The van der Waals surface area contributed by atoms with Gasteiger partial charge in [-0.2, -0.15) is 0 Å². The fourth-order valence-electron chi connectivity index (χ4n) is 1.19. The molecule has 0 saturated carbocycles.